The van der Waals surface area contributed by atoms with Gasteiger partial charge in [-0.2, -0.15) is 0 Å². The molecule has 0 spiro atoms. The molecule has 0 bridgehead atoms. The van der Waals surface area contributed by atoms with Crippen LogP contribution in [0.1, 0.15) is 32.6 Å². The highest BCUT2D eigenvalue weighted by atomic mass is 16.5. The van der Waals surface area contributed by atoms with E-state index in [1.54, 1.807) is 0 Å². The van der Waals surface area contributed by atoms with Gasteiger partial charge < -0.3 is 20.1 Å². The standard InChI is InChI=1S/C21H33N3O3/c1-16(23(2)15-17-5-3-4-6-20(17)25)21(26)22-18-7-9-19(10-8-18)24-11-13-27-14-12-24/h7-10,16-17,20,25H,3-6,11-15H2,1-2H3,(H,22,26)/t16-,17-,20-/m1/s1. The van der Waals surface area contributed by atoms with E-state index in [1.807, 2.05) is 38.2 Å². The van der Waals surface area contributed by atoms with E-state index in [4.69, 9.17) is 4.74 Å². The number of carbonyl (C=O) groups excluding carboxylic acids is 1. The zero-order valence-corrected chi connectivity index (χ0v) is 16.6. The zero-order chi connectivity index (χ0) is 19.2. The Morgan fingerprint density at radius 2 is 1.93 bits per heavy atom. The molecule has 0 aromatic heterocycles. The Bertz CT molecular complexity index is 601. The molecule has 6 nitrogen and oxygen atoms in total. The number of morpholine rings is 1. The summed E-state index contributed by atoms with van der Waals surface area (Å²) in [5.41, 5.74) is 1.97. The van der Waals surface area contributed by atoms with Crippen LogP contribution in [-0.2, 0) is 9.53 Å². The van der Waals surface area contributed by atoms with Gasteiger partial charge in [0, 0.05) is 31.0 Å². The Morgan fingerprint density at radius 1 is 1.26 bits per heavy atom. The highest BCUT2D eigenvalue weighted by molar-refractivity contribution is 5.94. The first-order valence-corrected chi connectivity index (χ1v) is 10.2. The summed E-state index contributed by atoms with van der Waals surface area (Å²) in [6.07, 6.45) is 3.98. The van der Waals surface area contributed by atoms with Crippen molar-refractivity contribution in [1.29, 1.82) is 0 Å². The van der Waals surface area contributed by atoms with Crippen molar-refractivity contribution in [3.8, 4) is 0 Å². The number of rotatable bonds is 6. The smallest absolute Gasteiger partial charge is 0.241 e. The number of carbonyl (C=O) groups is 1. The van der Waals surface area contributed by atoms with Crippen LogP contribution in [0.25, 0.3) is 0 Å². The SMILES string of the molecule is C[C@H](C(=O)Nc1ccc(N2CCOCC2)cc1)N(C)C[C@H]1CCCC[C@H]1O. The Hall–Kier alpha value is -1.63. The van der Waals surface area contributed by atoms with Crippen molar-refractivity contribution in [2.75, 3.05) is 50.1 Å². The molecule has 150 valence electrons. The number of aliphatic hydroxyl groups is 1. The molecule has 6 heteroatoms. The molecule has 3 rings (SSSR count). The average molecular weight is 376 g/mol. The second-order valence-electron chi connectivity index (χ2n) is 7.86. The number of hydrogen-bond acceptors (Lipinski definition) is 5. The Labute approximate surface area is 162 Å². The summed E-state index contributed by atoms with van der Waals surface area (Å²) in [6, 6.07) is 7.78. The molecule has 2 fully saturated rings. The van der Waals surface area contributed by atoms with E-state index in [2.05, 4.69) is 15.1 Å². The molecule has 1 aliphatic carbocycles. The van der Waals surface area contributed by atoms with Crippen LogP contribution < -0.4 is 10.2 Å². The van der Waals surface area contributed by atoms with E-state index >= 15 is 0 Å². The lowest BCUT2D eigenvalue weighted by molar-refractivity contribution is -0.120. The molecule has 1 saturated heterocycles. The van der Waals surface area contributed by atoms with Gasteiger partial charge in [-0.3, -0.25) is 9.69 Å². The lowest BCUT2D eigenvalue weighted by Gasteiger charge is -2.33. The number of likely N-dealkylation sites (N-methyl/N-ethyl adjacent to an activating group) is 1. The normalized spacial score (nSPS) is 24.7. The number of nitrogens with one attached hydrogen (secondary N) is 1. The van der Waals surface area contributed by atoms with Crippen LogP contribution in [0, 0.1) is 5.92 Å². The molecular weight excluding hydrogens is 342 g/mol. The summed E-state index contributed by atoms with van der Waals surface area (Å²) >= 11 is 0. The number of ether oxygens (including phenoxy) is 1. The maximum absolute atomic E-state index is 12.6. The first-order chi connectivity index (χ1) is 13.0. The van der Waals surface area contributed by atoms with E-state index in [-0.39, 0.29) is 24.0 Å². The van der Waals surface area contributed by atoms with Gasteiger partial charge in [0.25, 0.3) is 0 Å². The number of hydrogen-bond donors (Lipinski definition) is 2. The van der Waals surface area contributed by atoms with Crippen molar-refractivity contribution in [3.05, 3.63) is 24.3 Å². The maximum Gasteiger partial charge on any atom is 0.241 e. The second kappa shape index (κ2) is 9.53. The first-order valence-electron chi connectivity index (χ1n) is 10.2. The first kappa shape index (κ1) is 20.1. The molecule has 1 aliphatic heterocycles. The number of nitrogens with zero attached hydrogens (tertiary/aromatic N) is 2. The topological polar surface area (TPSA) is 65.0 Å². The van der Waals surface area contributed by atoms with Gasteiger partial charge in [0.2, 0.25) is 5.91 Å². The molecule has 1 amide bonds. The van der Waals surface area contributed by atoms with Crippen LogP contribution in [0.2, 0.25) is 0 Å². The molecule has 27 heavy (non-hydrogen) atoms. The van der Waals surface area contributed by atoms with Crippen LogP contribution in [0.5, 0.6) is 0 Å². The predicted molar refractivity (Wildman–Crippen MR) is 108 cm³/mol. The fourth-order valence-electron chi connectivity index (χ4n) is 3.95. The zero-order valence-electron chi connectivity index (χ0n) is 16.6. The Kier molecular flexibility index (Phi) is 7.10. The van der Waals surface area contributed by atoms with Crippen molar-refractivity contribution in [2.24, 2.45) is 5.92 Å². The van der Waals surface area contributed by atoms with Gasteiger partial charge in [-0.05, 0) is 57.0 Å². The van der Waals surface area contributed by atoms with Crippen molar-refractivity contribution >= 4 is 17.3 Å². The molecule has 0 radical (unpaired) electrons. The van der Waals surface area contributed by atoms with Crippen LogP contribution in [0.15, 0.2) is 24.3 Å². The molecule has 1 saturated carbocycles. The summed E-state index contributed by atoms with van der Waals surface area (Å²) in [7, 11) is 1.97. The van der Waals surface area contributed by atoms with Crippen LogP contribution in [-0.4, -0.2) is 68.0 Å². The molecular formula is C21H33N3O3. The molecule has 3 atom stereocenters. The van der Waals surface area contributed by atoms with Crippen LogP contribution in [0.4, 0.5) is 11.4 Å². The summed E-state index contributed by atoms with van der Waals surface area (Å²) in [5.74, 6) is 0.258. The highest BCUT2D eigenvalue weighted by Gasteiger charge is 2.27. The number of anilines is 2. The minimum Gasteiger partial charge on any atom is -0.393 e. The fraction of sp³-hybridized carbons (Fsp3) is 0.667. The quantitative estimate of drug-likeness (QED) is 0.799. The minimum atomic E-state index is -0.238. The van der Waals surface area contributed by atoms with Crippen LogP contribution >= 0.6 is 0 Å². The van der Waals surface area contributed by atoms with Gasteiger partial charge in [0.05, 0.1) is 25.4 Å². The van der Waals surface area contributed by atoms with E-state index in [0.29, 0.717) is 0 Å². The number of amides is 1. The third-order valence-corrected chi connectivity index (χ3v) is 5.94. The fourth-order valence-corrected chi connectivity index (χ4v) is 3.95. The largest absolute Gasteiger partial charge is 0.393 e. The maximum atomic E-state index is 12.6. The van der Waals surface area contributed by atoms with Crippen molar-refractivity contribution < 1.29 is 14.6 Å². The number of aliphatic hydroxyl groups excluding tert-OH is 1. The summed E-state index contributed by atoms with van der Waals surface area (Å²) in [5, 5.41) is 13.2. The Balaban J connectivity index is 1.51. The van der Waals surface area contributed by atoms with E-state index in [1.165, 1.54) is 6.42 Å². The third kappa shape index (κ3) is 5.43. The molecule has 1 aromatic carbocycles. The van der Waals surface area contributed by atoms with Crippen molar-refractivity contribution in [1.82, 2.24) is 4.90 Å². The molecule has 2 N–H and O–H groups in total. The van der Waals surface area contributed by atoms with E-state index < -0.39 is 0 Å². The molecule has 2 aliphatic rings. The van der Waals surface area contributed by atoms with Gasteiger partial charge in [-0.15, -0.1) is 0 Å². The minimum absolute atomic E-state index is 0.0121. The van der Waals surface area contributed by atoms with Gasteiger partial charge in [0.15, 0.2) is 0 Å². The average Bonchev–Trinajstić information content (AvgIpc) is 2.70. The second-order valence-corrected chi connectivity index (χ2v) is 7.86. The molecule has 1 aromatic rings. The van der Waals surface area contributed by atoms with Crippen LogP contribution in [0.3, 0.4) is 0 Å². The lowest BCUT2D eigenvalue weighted by Crippen LogP contribution is -2.44. The molecule has 1 heterocycles. The third-order valence-electron chi connectivity index (χ3n) is 5.94. The van der Waals surface area contributed by atoms with Gasteiger partial charge in [0.1, 0.15) is 0 Å². The van der Waals surface area contributed by atoms with Gasteiger partial charge in [-0.25, -0.2) is 0 Å². The highest BCUT2D eigenvalue weighted by Crippen LogP contribution is 2.25. The summed E-state index contributed by atoms with van der Waals surface area (Å²) in [6.45, 7) is 6.01. The predicted octanol–water partition coefficient (Wildman–Crippen LogP) is 2.33. The van der Waals surface area contributed by atoms with E-state index in [9.17, 15) is 9.90 Å². The Morgan fingerprint density at radius 3 is 2.59 bits per heavy atom. The lowest BCUT2D eigenvalue weighted by atomic mass is 9.86. The number of benzene rings is 1. The monoisotopic (exact) mass is 375 g/mol. The van der Waals surface area contributed by atoms with E-state index in [0.717, 1.165) is 63.5 Å². The van der Waals surface area contributed by atoms with Gasteiger partial charge >= 0.3 is 0 Å². The summed E-state index contributed by atoms with van der Waals surface area (Å²) < 4.78 is 5.39. The molecule has 0 unspecified atom stereocenters. The van der Waals surface area contributed by atoms with Gasteiger partial charge in [-0.1, -0.05) is 12.8 Å². The van der Waals surface area contributed by atoms with Crippen molar-refractivity contribution in [3.63, 3.8) is 0 Å². The summed E-state index contributed by atoms with van der Waals surface area (Å²) in [4.78, 5) is 17.0. The van der Waals surface area contributed by atoms with Crippen molar-refractivity contribution in [2.45, 2.75) is 44.8 Å².